The van der Waals surface area contributed by atoms with Crippen LogP contribution in [0, 0.1) is 5.82 Å². The van der Waals surface area contributed by atoms with Gasteiger partial charge in [-0.05, 0) is 49.2 Å². The zero-order chi connectivity index (χ0) is 18.8. The van der Waals surface area contributed by atoms with Gasteiger partial charge in [0.25, 0.3) is 0 Å². The fourth-order valence-electron chi connectivity index (χ4n) is 3.66. The van der Waals surface area contributed by atoms with Crippen molar-refractivity contribution in [3.8, 4) is 22.5 Å². The molecule has 2 N–H and O–H groups in total. The highest BCUT2D eigenvalue weighted by Gasteiger charge is 2.29. The van der Waals surface area contributed by atoms with Crippen LogP contribution in [-0.4, -0.2) is 32.8 Å². The molecule has 5 nitrogen and oxygen atoms in total. The number of aryl methyl sites for hydroxylation is 1. The SMILES string of the molecule is CCCNc1cc(-c2c(-c3ccc(F)cc3)nc3n2C(CO)CC3)ccn1. The van der Waals surface area contributed by atoms with E-state index in [4.69, 9.17) is 4.98 Å². The number of aliphatic hydroxyl groups is 1. The third-order valence-corrected chi connectivity index (χ3v) is 4.97. The molecule has 1 unspecified atom stereocenters. The Labute approximate surface area is 157 Å². The first-order valence-corrected chi connectivity index (χ1v) is 9.39. The van der Waals surface area contributed by atoms with Crippen molar-refractivity contribution in [1.82, 2.24) is 14.5 Å². The molecule has 0 amide bonds. The van der Waals surface area contributed by atoms with Crippen LogP contribution in [0.1, 0.15) is 31.6 Å². The number of pyridine rings is 1. The van der Waals surface area contributed by atoms with E-state index in [1.807, 2.05) is 12.1 Å². The largest absolute Gasteiger partial charge is 0.394 e. The molecular formula is C21H23FN4O. The van der Waals surface area contributed by atoms with E-state index in [0.717, 1.165) is 60.0 Å². The van der Waals surface area contributed by atoms with Crippen molar-refractivity contribution in [3.05, 3.63) is 54.2 Å². The lowest BCUT2D eigenvalue weighted by Crippen LogP contribution is -2.10. The number of nitrogens with zero attached hydrogens (tertiary/aromatic N) is 3. The average molecular weight is 366 g/mol. The lowest BCUT2D eigenvalue weighted by atomic mass is 10.0. The molecule has 0 saturated heterocycles. The minimum atomic E-state index is -0.268. The predicted molar refractivity (Wildman–Crippen MR) is 104 cm³/mol. The second-order valence-corrected chi connectivity index (χ2v) is 6.83. The van der Waals surface area contributed by atoms with E-state index < -0.39 is 0 Å². The van der Waals surface area contributed by atoms with Crippen molar-refractivity contribution in [3.63, 3.8) is 0 Å². The minimum Gasteiger partial charge on any atom is -0.394 e. The molecule has 3 aromatic rings. The molecule has 1 aliphatic heterocycles. The molecule has 3 heterocycles. The summed E-state index contributed by atoms with van der Waals surface area (Å²) < 4.78 is 15.5. The van der Waals surface area contributed by atoms with Crippen molar-refractivity contribution >= 4 is 5.82 Å². The molecule has 0 saturated carbocycles. The number of nitrogens with one attached hydrogen (secondary N) is 1. The number of halogens is 1. The molecule has 0 radical (unpaired) electrons. The maximum atomic E-state index is 13.4. The molecule has 0 bridgehead atoms. The summed E-state index contributed by atoms with van der Waals surface area (Å²) in [5, 5.41) is 13.2. The van der Waals surface area contributed by atoms with Crippen molar-refractivity contribution < 1.29 is 9.50 Å². The smallest absolute Gasteiger partial charge is 0.126 e. The quantitative estimate of drug-likeness (QED) is 0.691. The fraction of sp³-hybridized carbons (Fsp3) is 0.333. The van der Waals surface area contributed by atoms with Gasteiger partial charge >= 0.3 is 0 Å². The van der Waals surface area contributed by atoms with Crippen LogP contribution in [0.25, 0.3) is 22.5 Å². The van der Waals surface area contributed by atoms with Gasteiger partial charge in [0.1, 0.15) is 17.5 Å². The Morgan fingerprint density at radius 3 is 2.78 bits per heavy atom. The van der Waals surface area contributed by atoms with Crippen molar-refractivity contribution in [2.45, 2.75) is 32.2 Å². The number of aliphatic hydroxyl groups excluding tert-OH is 1. The fourth-order valence-corrected chi connectivity index (χ4v) is 3.66. The number of fused-ring (bicyclic) bond motifs is 1. The van der Waals surface area contributed by atoms with Crippen LogP contribution in [0.4, 0.5) is 10.2 Å². The molecule has 140 valence electrons. The Morgan fingerprint density at radius 1 is 1.22 bits per heavy atom. The second kappa shape index (κ2) is 7.48. The molecule has 1 atom stereocenters. The zero-order valence-electron chi connectivity index (χ0n) is 15.3. The van der Waals surface area contributed by atoms with Gasteiger partial charge in [-0.2, -0.15) is 0 Å². The van der Waals surface area contributed by atoms with Crippen molar-refractivity contribution in [1.29, 1.82) is 0 Å². The van der Waals surface area contributed by atoms with Gasteiger partial charge in [-0.15, -0.1) is 0 Å². The van der Waals surface area contributed by atoms with Gasteiger partial charge in [-0.25, -0.2) is 14.4 Å². The third-order valence-electron chi connectivity index (χ3n) is 4.97. The summed E-state index contributed by atoms with van der Waals surface area (Å²) >= 11 is 0. The first-order chi connectivity index (χ1) is 13.2. The van der Waals surface area contributed by atoms with E-state index in [1.54, 1.807) is 18.3 Å². The predicted octanol–water partition coefficient (Wildman–Crippen LogP) is 4.05. The Kier molecular flexibility index (Phi) is 4.90. The maximum Gasteiger partial charge on any atom is 0.126 e. The molecule has 0 spiro atoms. The molecule has 0 aliphatic carbocycles. The molecule has 1 aliphatic rings. The number of imidazole rings is 1. The van der Waals surface area contributed by atoms with Crippen LogP contribution in [0.15, 0.2) is 42.6 Å². The van der Waals surface area contributed by atoms with Gasteiger partial charge in [-0.1, -0.05) is 6.92 Å². The molecule has 1 aromatic carbocycles. The number of anilines is 1. The average Bonchev–Trinajstić information content (AvgIpc) is 3.26. The molecule has 6 heteroatoms. The van der Waals surface area contributed by atoms with Crippen LogP contribution in [0.5, 0.6) is 0 Å². The van der Waals surface area contributed by atoms with Gasteiger partial charge < -0.3 is 15.0 Å². The van der Waals surface area contributed by atoms with Crippen LogP contribution in [-0.2, 0) is 6.42 Å². The highest BCUT2D eigenvalue weighted by molar-refractivity contribution is 5.80. The van der Waals surface area contributed by atoms with E-state index in [9.17, 15) is 9.50 Å². The summed E-state index contributed by atoms with van der Waals surface area (Å²) in [6, 6.07) is 10.4. The highest BCUT2D eigenvalue weighted by atomic mass is 19.1. The van der Waals surface area contributed by atoms with Crippen LogP contribution in [0.2, 0.25) is 0 Å². The number of rotatable bonds is 6. The summed E-state index contributed by atoms with van der Waals surface area (Å²) in [6.45, 7) is 3.04. The topological polar surface area (TPSA) is 63.0 Å². The summed E-state index contributed by atoms with van der Waals surface area (Å²) in [5.41, 5.74) is 3.62. The van der Waals surface area contributed by atoms with Gasteiger partial charge in [0, 0.05) is 30.3 Å². The zero-order valence-corrected chi connectivity index (χ0v) is 15.3. The van der Waals surface area contributed by atoms with E-state index in [-0.39, 0.29) is 18.5 Å². The summed E-state index contributed by atoms with van der Waals surface area (Å²) in [5.74, 6) is 1.51. The van der Waals surface area contributed by atoms with E-state index in [1.165, 1.54) is 12.1 Å². The lowest BCUT2D eigenvalue weighted by molar-refractivity contribution is 0.234. The normalized spacial score (nSPS) is 15.7. The third kappa shape index (κ3) is 3.32. The minimum absolute atomic E-state index is 0.0110. The number of aromatic nitrogens is 3. The molecular weight excluding hydrogens is 343 g/mol. The Morgan fingerprint density at radius 2 is 2.04 bits per heavy atom. The highest BCUT2D eigenvalue weighted by Crippen LogP contribution is 2.39. The van der Waals surface area contributed by atoms with E-state index in [2.05, 4.69) is 21.8 Å². The van der Waals surface area contributed by atoms with Crippen LogP contribution in [0.3, 0.4) is 0 Å². The van der Waals surface area contributed by atoms with Crippen LogP contribution < -0.4 is 5.32 Å². The van der Waals surface area contributed by atoms with Gasteiger partial charge in [0.05, 0.1) is 24.0 Å². The number of hydrogen-bond donors (Lipinski definition) is 2. The molecule has 27 heavy (non-hydrogen) atoms. The Hall–Kier alpha value is -2.73. The maximum absolute atomic E-state index is 13.4. The first-order valence-electron chi connectivity index (χ1n) is 9.39. The number of benzene rings is 1. The monoisotopic (exact) mass is 366 g/mol. The van der Waals surface area contributed by atoms with Crippen LogP contribution >= 0.6 is 0 Å². The summed E-state index contributed by atoms with van der Waals surface area (Å²) in [4.78, 5) is 9.24. The lowest BCUT2D eigenvalue weighted by Gasteiger charge is -2.16. The van der Waals surface area contributed by atoms with E-state index in [0.29, 0.717) is 0 Å². The summed E-state index contributed by atoms with van der Waals surface area (Å²) in [7, 11) is 0. The van der Waals surface area contributed by atoms with Crippen molar-refractivity contribution in [2.75, 3.05) is 18.5 Å². The Balaban J connectivity index is 1.86. The molecule has 4 rings (SSSR count). The van der Waals surface area contributed by atoms with Gasteiger partial charge in [0.15, 0.2) is 0 Å². The van der Waals surface area contributed by atoms with Gasteiger partial charge in [0.2, 0.25) is 0 Å². The van der Waals surface area contributed by atoms with Gasteiger partial charge in [-0.3, -0.25) is 0 Å². The number of hydrogen-bond acceptors (Lipinski definition) is 4. The Bertz CT molecular complexity index is 936. The standard InChI is InChI=1S/C21H23FN4O/c1-2-10-23-18-12-15(9-11-24-18)21-20(14-3-5-16(22)6-4-14)25-19-8-7-17(13-27)26(19)21/h3-6,9,11-12,17,27H,2,7-8,10,13H2,1H3,(H,23,24). The summed E-state index contributed by atoms with van der Waals surface area (Å²) in [6.07, 6.45) is 4.50. The molecule has 0 fully saturated rings. The van der Waals surface area contributed by atoms with Crippen molar-refractivity contribution in [2.24, 2.45) is 0 Å². The first kappa shape index (κ1) is 17.7. The van der Waals surface area contributed by atoms with E-state index >= 15 is 0 Å². The second-order valence-electron chi connectivity index (χ2n) is 6.83. The molecule has 2 aromatic heterocycles.